The highest BCUT2D eigenvalue weighted by Crippen LogP contribution is 2.38. The van der Waals surface area contributed by atoms with Crippen LogP contribution >= 0.6 is 23.1 Å². The summed E-state index contributed by atoms with van der Waals surface area (Å²) in [6.07, 6.45) is 0.638. The molecule has 0 saturated heterocycles. The summed E-state index contributed by atoms with van der Waals surface area (Å²) in [6, 6.07) is 17.5. The first-order valence-corrected chi connectivity index (χ1v) is 12.6. The van der Waals surface area contributed by atoms with E-state index in [-0.39, 0.29) is 17.7 Å². The van der Waals surface area contributed by atoms with Gasteiger partial charge >= 0.3 is 0 Å². The van der Waals surface area contributed by atoms with Crippen LogP contribution in [0.5, 0.6) is 11.5 Å². The summed E-state index contributed by atoms with van der Waals surface area (Å²) in [5.41, 5.74) is 3.83. The van der Waals surface area contributed by atoms with E-state index in [1.54, 1.807) is 30.6 Å². The monoisotopic (exact) mass is 492 g/mol. The number of hydrazone groups is 1. The summed E-state index contributed by atoms with van der Waals surface area (Å²) in [5.74, 6) is 1.45. The number of carbonyl (C=O) groups excluding carboxylic acids is 1. The van der Waals surface area contributed by atoms with Crippen LogP contribution in [0.15, 0.2) is 70.2 Å². The lowest BCUT2D eigenvalue weighted by Gasteiger charge is -2.22. The van der Waals surface area contributed by atoms with Crippen LogP contribution in [0.25, 0.3) is 11.0 Å². The molecule has 0 fully saturated rings. The average molecular weight is 493 g/mol. The lowest BCUT2D eigenvalue weighted by molar-refractivity contribution is -0.130. The van der Waals surface area contributed by atoms with E-state index in [9.17, 15) is 4.79 Å². The Bertz CT molecular complexity index is 1360. The molecule has 1 atom stereocenters. The fourth-order valence-electron chi connectivity index (χ4n) is 4.10. The standard InChI is InChI=1S/C25H24N4O3S2/c1-28-19-8-5-4-7-17(19)26-25(28)34-15-24(30)29-20(14-18(27-29)23-9-6-12-33-23)16-10-11-21(31-2)22(13-16)32-3/h4-13,20H,14-15H2,1-3H3. The minimum absolute atomic E-state index is 0.0663. The van der Waals surface area contributed by atoms with E-state index in [2.05, 4.69) is 4.98 Å². The fourth-order valence-corrected chi connectivity index (χ4v) is 5.66. The number of fused-ring (bicyclic) bond motifs is 1. The van der Waals surface area contributed by atoms with E-state index in [1.165, 1.54) is 11.8 Å². The Balaban J connectivity index is 1.42. The van der Waals surface area contributed by atoms with Crippen LogP contribution in [0.4, 0.5) is 0 Å². The molecule has 1 amide bonds. The maximum absolute atomic E-state index is 13.4. The molecule has 34 heavy (non-hydrogen) atoms. The lowest BCUT2D eigenvalue weighted by atomic mass is 10.0. The molecule has 0 aliphatic carbocycles. The summed E-state index contributed by atoms with van der Waals surface area (Å²) >= 11 is 3.05. The molecule has 5 rings (SSSR count). The van der Waals surface area contributed by atoms with Crippen molar-refractivity contribution in [2.75, 3.05) is 20.0 Å². The van der Waals surface area contributed by atoms with Gasteiger partial charge in [0.2, 0.25) is 0 Å². The van der Waals surface area contributed by atoms with Crippen molar-refractivity contribution in [2.45, 2.75) is 17.6 Å². The molecule has 7 nitrogen and oxygen atoms in total. The third-order valence-corrected chi connectivity index (χ3v) is 7.77. The number of imidazole rings is 1. The predicted molar refractivity (Wildman–Crippen MR) is 136 cm³/mol. The summed E-state index contributed by atoms with van der Waals surface area (Å²) < 4.78 is 12.9. The van der Waals surface area contributed by atoms with E-state index in [1.807, 2.05) is 71.6 Å². The first-order valence-electron chi connectivity index (χ1n) is 10.8. The number of benzene rings is 2. The number of hydrogen-bond acceptors (Lipinski definition) is 7. The number of carbonyl (C=O) groups is 1. The van der Waals surface area contributed by atoms with E-state index in [4.69, 9.17) is 14.6 Å². The van der Waals surface area contributed by atoms with Gasteiger partial charge in [-0.25, -0.2) is 9.99 Å². The normalized spacial score (nSPS) is 15.6. The molecular weight excluding hydrogens is 468 g/mol. The molecule has 4 aromatic rings. The minimum atomic E-state index is -0.217. The van der Waals surface area contributed by atoms with Gasteiger partial charge in [-0.1, -0.05) is 36.0 Å². The third-order valence-electron chi connectivity index (χ3n) is 5.83. The van der Waals surface area contributed by atoms with E-state index in [0.717, 1.165) is 32.3 Å². The van der Waals surface area contributed by atoms with Crippen LogP contribution in [0, 0.1) is 0 Å². The topological polar surface area (TPSA) is 69.0 Å². The average Bonchev–Trinajstić information content (AvgIpc) is 3.61. The van der Waals surface area contributed by atoms with Gasteiger partial charge in [-0.15, -0.1) is 11.3 Å². The van der Waals surface area contributed by atoms with Gasteiger partial charge in [0.15, 0.2) is 16.7 Å². The second kappa shape index (κ2) is 9.52. The van der Waals surface area contributed by atoms with E-state index < -0.39 is 0 Å². The van der Waals surface area contributed by atoms with Crippen LogP contribution in [0.1, 0.15) is 22.9 Å². The summed E-state index contributed by atoms with van der Waals surface area (Å²) in [6.45, 7) is 0. The zero-order chi connectivity index (χ0) is 23.7. The molecule has 9 heteroatoms. The molecule has 0 saturated carbocycles. The smallest absolute Gasteiger partial charge is 0.253 e. The Labute approximate surface area is 206 Å². The van der Waals surface area contributed by atoms with Crippen LogP contribution in [0.3, 0.4) is 0 Å². The fraction of sp³-hybridized carbons (Fsp3) is 0.240. The number of aromatic nitrogens is 2. The Morgan fingerprint density at radius 2 is 1.94 bits per heavy atom. The zero-order valence-corrected chi connectivity index (χ0v) is 20.7. The second-order valence-electron chi connectivity index (χ2n) is 7.83. The number of hydrogen-bond donors (Lipinski definition) is 0. The van der Waals surface area contributed by atoms with Crippen molar-refractivity contribution < 1.29 is 14.3 Å². The van der Waals surface area contributed by atoms with Crippen molar-refractivity contribution in [1.29, 1.82) is 0 Å². The van der Waals surface area contributed by atoms with Crippen LogP contribution in [-0.2, 0) is 11.8 Å². The van der Waals surface area contributed by atoms with E-state index in [0.29, 0.717) is 17.9 Å². The van der Waals surface area contributed by atoms with Crippen molar-refractivity contribution in [3.05, 3.63) is 70.4 Å². The van der Waals surface area contributed by atoms with Gasteiger partial charge in [-0.2, -0.15) is 5.10 Å². The van der Waals surface area contributed by atoms with Crippen LogP contribution < -0.4 is 9.47 Å². The highest BCUT2D eigenvalue weighted by molar-refractivity contribution is 7.99. The zero-order valence-electron chi connectivity index (χ0n) is 19.1. The molecule has 0 bridgehead atoms. The van der Waals surface area contributed by atoms with Gasteiger partial charge in [-0.05, 0) is 41.3 Å². The molecule has 0 spiro atoms. The highest BCUT2D eigenvalue weighted by atomic mass is 32.2. The first-order chi connectivity index (χ1) is 16.6. The maximum Gasteiger partial charge on any atom is 0.253 e. The number of amides is 1. The highest BCUT2D eigenvalue weighted by Gasteiger charge is 2.34. The van der Waals surface area contributed by atoms with Gasteiger partial charge in [0.05, 0.1) is 47.6 Å². The number of rotatable bonds is 7. The maximum atomic E-state index is 13.4. The van der Waals surface area contributed by atoms with Gasteiger partial charge in [0.1, 0.15) is 0 Å². The quantitative estimate of drug-likeness (QED) is 0.335. The van der Waals surface area contributed by atoms with Gasteiger partial charge < -0.3 is 14.0 Å². The third kappa shape index (κ3) is 4.17. The van der Waals surface area contributed by atoms with Crippen molar-refractivity contribution >= 4 is 45.8 Å². The number of methoxy groups -OCH3 is 2. The van der Waals surface area contributed by atoms with Crippen molar-refractivity contribution in [2.24, 2.45) is 12.1 Å². The summed E-state index contributed by atoms with van der Waals surface area (Å²) in [7, 11) is 5.19. The predicted octanol–water partition coefficient (Wildman–Crippen LogP) is 5.12. The number of ether oxygens (including phenoxy) is 2. The Hall–Kier alpha value is -3.30. The first kappa shape index (κ1) is 22.5. The van der Waals surface area contributed by atoms with Crippen molar-refractivity contribution in [3.8, 4) is 11.5 Å². The molecule has 1 aliphatic rings. The molecule has 1 aliphatic heterocycles. The molecular formula is C25H24N4O3S2. The largest absolute Gasteiger partial charge is 0.493 e. The van der Waals surface area contributed by atoms with E-state index >= 15 is 0 Å². The van der Waals surface area contributed by atoms with Gasteiger partial charge in [0.25, 0.3) is 5.91 Å². The van der Waals surface area contributed by atoms with Crippen molar-refractivity contribution in [1.82, 2.24) is 14.6 Å². The number of nitrogens with zero attached hydrogens (tertiary/aromatic N) is 4. The Morgan fingerprint density at radius 3 is 2.68 bits per heavy atom. The van der Waals surface area contributed by atoms with Gasteiger partial charge in [-0.3, -0.25) is 4.79 Å². The van der Waals surface area contributed by atoms with Gasteiger partial charge in [0, 0.05) is 13.5 Å². The molecule has 174 valence electrons. The van der Waals surface area contributed by atoms with Crippen LogP contribution in [-0.4, -0.2) is 46.2 Å². The number of thioether (sulfide) groups is 1. The Morgan fingerprint density at radius 1 is 1.12 bits per heavy atom. The molecule has 2 aromatic carbocycles. The molecule has 0 radical (unpaired) electrons. The van der Waals surface area contributed by atoms with Crippen LogP contribution in [0.2, 0.25) is 0 Å². The second-order valence-corrected chi connectivity index (χ2v) is 9.72. The molecule has 3 heterocycles. The molecule has 1 unspecified atom stereocenters. The van der Waals surface area contributed by atoms with Crippen molar-refractivity contribution in [3.63, 3.8) is 0 Å². The molecule has 2 aromatic heterocycles. The minimum Gasteiger partial charge on any atom is -0.493 e. The Kier molecular flexibility index (Phi) is 6.30. The number of thiophene rings is 1. The number of para-hydroxylation sites is 2. The SMILES string of the molecule is COc1ccc(C2CC(c3cccs3)=NN2C(=O)CSc2nc3ccccc3n2C)cc1OC. The number of aryl methyl sites for hydroxylation is 1. The molecule has 0 N–H and O–H groups in total. The summed E-state index contributed by atoms with van der Waals surface area (Å²) in [5, 5.41) is 9.21. The lowest BCUT2D eigenvalue weighted by Crippen LogP contribution is -2.28. The summed E-state index contributed by atoms with van der Waals surface area (Å²) in [4.78, 5) is 19.2.